The van der Waals surface area contributed by atoms with Crippen LogP contribution in [0.1, 0.15) is 78.6 Å². The van der Waals surface area contributed by atoms with E-state index in [1.54, 1.807) is 4.90 Å². The van der Waals surface area contributed by atoms with Gasteiger partial charge in [-0.3, -0.25) is 13.9 Å². The molecule has 9 heteroatoms. The molecule has 1 saturated carbocycles. The summed E-state index contributed by atoms with van der Waals surface area (Å²) in [6, 6.07) is -1.66. The summed E-state index contributed by atoms with van der Waals surface area (Å²) in [7, 11) is -2.74. The Morgan fingerprint density at radius 1 is 1.10 bits per heavy atom. The number of likely N-dealkylation sites (tertiary alicyclic amines) is 1. The van der Waals surface area contributed by atoms with Crippen molar-refractivity contribution in [2.75, 3.05) is 12.3 Å². The lowest BCUT2D eigenvalue weighted by Crippen LogP contribution is -2.64. The van der Waals surface area contributed by atoms with Gasteiger partial charge in [0.05, 0.1) is 16.8 Å². The minimum absolute atomic E-state index is 0.236. The van der Waals surface area contributed by atoms with Gasteiger partial charge in [0, 0.05) is 12.3 Å². The lowest BCUT2D eigenvalue weighted by molar-refractivity contribution is -0.138. The predicted octanol–water partition coefficient (Wildman–Crippen LogP) is 3.51. The molecule has 3 aliphatic rings. The zero-order valence-electron chi connectivity index (χ0n) is 19.1. The van der Waals surface area contributed by atoms with Gasteiger partial charge < -0.3 is 20.3 Å². The molecule has 2 saturated heterocycles. The first kappa shape index (κ1) is 24.3. The van der Waals surface area contributed by atoms with E-state index in [1.807, 2.05) is 20.8 Å². The standard InChI is InChI=1S/C22H39N3O5S/c1-21(2,3)18(19(27)25-13-7-9-16(25)15-26)23-20(28)24-22(11-5-4-6-12-22)17-10-8-14-31(17,29)30/h15-18,29-30H,4-14H2,1-3H3,(H2,23,24,28)/t16-,17?,18?/m0/s1. The second-order valence-corrected chi connectivity index (χ2v) is 13.0. The molecule has 2 heterocycles. The van der Waals surface area contributed by atoms with Crippen molar-refractivity contribution in [3.05, 3.63) is 0 Å². The van der Waals surface area contributed by atoms with Crippen LogP contribution < -0.4 is 10.6 Å². The van der Waals surface area contributed by atoms with Crippen LogP contribution >= 0.6 is 10.6 Å². The Balaban J connectivity index is 1.77. The summed E-state index contributed by atoms with van der Waals surface area (Å²) in [5.74, 6) is 0.161. The predicted molar refractivity (Wildman–Crippen MR) is 122 cm³/mol. The van der Waals surface area contributed by atoms with Crippen LogP contribution in [0.3, 0.4) is 0 Å². The van der Waals surface area contributed by atoms with Gasteiger partial charge in [0.15, 0.2) is 0 Å². The fourth-order valence-electron chi connectivity index (χ4n) is 5.58. The van der Waals surface area contributed by atoms with Crippen molar-refractivity contribution in [3.63, 3.8) is 0 Å². The zero-order valence-corrected chi connectivity index (χ0v) is 19.9. The number of nitrogens with one attached hydrogen (secondary N) is 2. The maximum Gasteiger partial charge on any atom is 0.315 e. The van der Waals surface area contributed by atoms with Crippen molar-refractivity contribution in [2.45, 2.75) is 101 Å². The molecule has 2 aliphatic heterocycles. The SMILES string of the molecule is CC(C)(C)C(NC(=O)NC1(C2CCCS2(O)O)CCCCC1)C(=O)N1CCC[C@H]1C=O. The normalized spacial score (nSPS) is 29.8. The van der Waals surface area contributed by atoms with E-state index in [2.05, 4.69) is 10.6 Å². The summed E-state index contributed by atoms with van der Waals surface area (Å²) < 4.78 is 21.3. The summed E-state index contributed by atoms with van der Waals surface area (Å²) >= 11 is 0. The number of rotatable bonds is 5. The van der Waals surface area contributed by atoms with Gasteiger partial charge in [-0.25, -0.2) is 4.79 Å². The molecule has 8 nitrogen and oxygen atoms in total. The molecule has 2 unspecified atom stereocenters. The molecule has 0 aromatic heterocycles. The molecular weight excluding hydrogens is 418 g/mol. The number of carbonyl (C=O) groups is 3. The van der Waals surface area contributed by atoms with Crippen LogP contribution in [0.2, 0.25) is 0 Å². The number of hydrogen-bond acceptors (Lipinski definition) is 5. The number of carbonyl (C=O) groups excluding carboxylic acids is 3. The second-order valence-electron chi connectivity index (χ2n) is 10.5. The summed E-state index contributed by atoms with van der Waals surface area (Å²) in [6.45, 7) is 6.20. The highest BCUT2D eigenvalue weighted by Gasteiger charge is 2.50. The van der Waals surface area contributed by atoms with Crippen LogP contribution in [-0.2, 0) is 9.59 Å². The first-order valence-corrected chi connectivity index (χ1v) is 13.4. The Labute approximate surface area is 187 Å². The van der Waals surface area contributed by atoms with Crippen molar-refractivity contribution in [2.24, 2.45) is 5.41 Å². The molecule has 178 valence electrons. The van der Waals surface area contributed by atoms with Crippen molar-refractivity contribution >= 4 is 28.8 Å². The molecule has 3 rings (SSSR count). The molecular formula is C22H39N3O5S. The van der Waals surface area contributed by atoms with Gasteiger partial charge in [0.25, 0.3) is 0 Å². The molecule has 3 fully saturated rings. The minimum Gasteiger partial charge on any atom is -0.331 e. The monoisotopic (exact) mass is 457 g/mol. The van der Waals surface area contributed by atoms with Crippen molar-refractivity contribution in [1.82, 2.24) is 15.5 Å². The lowest BCUT2D eigenvalue weighted by Gasteiger charge is -2.49. The number of amides is 3. The van der Waals surface area contributed by atoms with E-state index < -0.39 is 39.7 Å². The fraction of sp³-hybridized carbons (Fsp3) is 0.864. The van der Waals surface area contributed by atoms with Gasteiger partial charge in [-0.2, -0.15) is 10.6 Å². The molecule has 0 aromatic rings. The smallest absolute Gasteiger partial charge is 0.315 e. The van der Waals surface area contributed by atoms with Gasteiger partial charge in [0.1, 0.15) is 12.3 Å². The molecule has 0 spiro atoms. The van der Waals surface area contributed by atoms with Crippen molar-refractivity contribution in [3.8, 4) is 0 Å². The highest BCUT2D eigenvalue weighted by atomic mass is 32.3. The Morgan fingerprint density at radius 3 is 2.32 bits per heavy atom. The van der Waals surface area contributed by atoms with E-state index in [0.717, 1.165) is 38.4 Å². The molecule has 0 bridgehead atoms. The maximum atomic E-state index is 13.3. The first-order chi connectivity index (χ1) is 14.5. The van der Waals surface area contributed by atoms with Crippen LogP contribution in [-0.4, -0.2) is 67.4 Å². The average molecular weight is 458 g/mol. The highest BCUT2D eigenvalue weighted by molar-refractivity contribution is 8.25. The summed E-state index contributed by atoms with van der Waals surface area (Å²) in [5.41, 5.74) is -1.19. The van der Waals surface area contributed by atoms with E-state index in [9.17, 15) is 23.5 Å². The second kappa shape index (κ2) is 9.27. The van der Waals surface area contributed by atoms with E-state index in [1.165, 1.54) is 0 Å². The molecule has 1 aliphatic carbocycles. The van der Waals surface area contributed by atoms with Crippen LogP contribution in [0.25, 0.3) is 0 Å². The van der Waals surface area contributed by atoms with Gasteiger partial charge >= 0.3 is 6.03 Å². The van der Waals surface area contributed by atoms with E-state index in [4.69, 9.17) is 0 Å². The Hall–Kier alpha value is -1.32. The Morgan fingerprint density at radius 2 is 1.77 bits per heavy atom. The van der Waals surface area contributed by atoms with Crippen LogP contribution in [0.5, 0.6) is 0 Å². The van der Waals surface area contributed by atoms with Gasteiger partial charge in [0.2, 0.25) is 5.91 Å². The molecule has 0 radical (unpaired) electrons. The minimum atomic E-state index is -2.74. The molecule has 4 N–H and O–H groups in total. The van der Waals surface area contributed by atoms with Gasteiger partial charge in [-0.1, -0.05) is 40.0 Å². The van der Waals surface area contributed by atoms with E-state index >= 15 is 0 Å². The van der Waals surface area contributed by atoms with Crippen molar-refractivity contribution < 1.29 is 23.5 Å². The summed E-state index contributed by atoms with van der Waals surface area (Å²) in [6.07, 6.45) is 8.06. The number of urea groups is 1. The number of nitrogens with zero attached hydrogens (tertiary/aromatic N) is 1. The third kappa shape index (κ3) is 5.20. The van der Waals surface area contributed by atoms with E-state index in [-0.39, 0.29) is 11.2 Å². The van der Waals surface area contributed by atoms with Gasteiger partial charge in [-0.15, -0.1) is 0 Å². The largest absolute Gasteiger partial charge is 0.331 e. The van der Waals surface area contributed by atoms with Crippen LogP contribution in [0.15, 0.2) is 0 Å². The molecule has 31 heavy (non-hydrogen) atoms. The summed E-state index contributed by atoms with van der Waals surface area (Å²) in [4.78, 5) is 39.4. The number of hydrogen-bond donors (Lipinski definition) is 4. The fourth-order valence-corrected chi connectivity index (χ4v) is 8.01. The summed E-state index contributed by atoms with van der Waals surface area (Å²) in [5, 5.41) is 5.66. The van der Waals surface area contributed by atoms with Crippen LogP contribution in [0, 0.1) is 5.41 Å². The lowest BCUT2D eigenvalue weighted by atomic mass is 9.78. The van der Waals surface area contributed by atoms with E-state index in [0.29, 0.717) is 38.0 Å². The third-order valence-electron chi connectivity index (χ3n) is 7.22. The maximum absolute atomic E-state index is 13.3. The highest BCUT2D eigenvalue weighted by Crippen LogP contribution is 2.58. The topological polar surface area (TPSA) is 119 Å². The Bertz CT molecular complexity index is 687. The van der Waals surface area contributed by atoms with Crippen LogP contribution in [0.4, 0.5) is 4.79 Å². The molecule has 3 amide bonds. The third-order valence-corrected chi connectivity index (χ3v) is 9.71. The molecule has 3 atom stereocenters. The first-order valence-electron chi connectivity index (χ1n) is 11.6. The number of aldehydes is 1. The van der Waals surface area contributed by atoms with Crippen molar-refractivity contribution in [1.29, 1.82) is 0 Å². The quantitative estimate of drug-likeness (QED) is 0.471. The average Bonchev–Trinajstić information content (AvgIpc) is 3.31. The Kier molecular flexibility index (Phi) is 7.28. The van der Waals surface area contributed by atoms with Gasteiger partial charge in [-0.05, 0) is 43.9 Å². The zero-order chi connectivity index (χ0) is 22.9. The molecule has 0 aromatic carbocycles.